The van der Waals surface area contributed by atoms with Gasteiger partial charge in [0.25, 0.3) is 0 Å². The van der Waals surface area contributed by atoms with Crippen molar-refractivity contribution >= 4 is 68.3 Å². The van der Waals surface area contributed by atoms with Gasteiger partial charge < -0.3 is 15.4 Å². The molecule has 9 nitrogen and oxygen atoms in total. The van der Waals surface area contributed by atoms with Gasteiger partial charge in [0.05, 0.1) is 27.3 Å². The van der Waals surface area contributed by atoms with Crippen molar-refractivity contribution in [3.63, 3.8) is 0 Å². The van der Waals surface area contributed by atoms with Gasteiger partial charge in [0.1, 0.15) is 12.4 Å². The highest BCUT2D eigenvalue weighted by Crippen LogP contribution is 2.33. The Morgan fingerprint density at radius 2 is 1.57 bits per heavy atom. The first-order valence-electron chi connectivity index (χ1n) is 13.9. The third kappa shape index (κ3) is 9.23. The van der Waals surface area contributed by atoms with Crippen LogP contribution in [0.2, 0.25) is 0 Å². The van der Waals surface area contributed by atoms with Crippen LogP contribution in [0.3, 0.4) is 0 Å². The van der Waals surface area contributed by atoms with E-state index in [1.54, 1.807) is 18.2 Å². The first-order valence-corrected chi connectivity index (χ1v) is 16.7. The van der Waals surface area contributed by atoms with E-state index in [1.165, 1.54) is 52.6 Å². The number of halogens is 3. The molecule has 0 aliphatic rings. The van der Waals surface area contributed by atoms with Crippen molar-refractivity contribution in [1.82, 2.24) is 20.2 Å². The molecule has 0 atom stereocenters. The number of benzene rings is 3. The van der Waals surface area contributed by atoms with E-state index in [9.17, 15) is 22.8 Å². The number of carbonyl (C=O) groups is 2. The van der Waals surface area contributed by atoms with Gasteiger partial charge in [0.2, 0.25) is 17.0 Å². The second-order valence-electron chi connectivity index (χ2n) is 11.0. The SMILES string of the molecule is CC(C)(C)c1ccc(OCc2nc(SCC(=O)Nc3ccc4nc(SCC(=O)Nc5cccc(C(F)(F)F)c5)sc4c3)n[nH]2)cc1. The average Bonchev–Trinajstić information content (AvgIpc) is 3.64. The van der Waals surface area contributed by atoms with Gasteiger partial charge in [-0.05, 0) is 59.5 Å². The van der Waals surface area contributed by atoms with Crippen LogP contribution in [-0.2, 0) is 27.8 Å². The van der Waals surface area contributed by atoms with Crippen LogP contribution in [0.4, 0.5) is 24.5 Å². The van der Waals surface area contributed by atoms with Crippen LogP contribution in [0.1, 0.15) is 37.7 Å². The molecular formula is C31H29F3N6O3S3. The highest BCUT2D eigenvalue weighted by Gasteiger charge is 2.30. The number of thioether (sulfide) groups is 2. The Hall–Kier alpha value is -4.08. The Morgan fingerprint density at radius 1 is 0.870 bits per heavy atom. The minimum absolute atomic E-state index is 0.0313. The van der Waals surface area contributed by atoms with Crippen molar-refractivity contribution in [1.29, 1.82) is 0 Å². The number of ether oxygens (including phenoxy) is 1. The number of amides is 2. The molecule has 2 heterocycles. The van der Waals surface area contributed by atoms with Crippen LogP contribution in [0, 0.1) is 0 Å². The molecule has 3 N–H and O–H groups in total. The fourth-order valence-electron chi connectivity index (χ4n) is 4.08. The first-order chi connectivity index (χ1) is 21.8. The molecule has 240 valence electrons. The van der Waals surface area contributed by atoms with Crippen molar-refractivity contribution in [3.8, 4) is 5.75 Å². The summed E-state index contributed by atoms with van der Waals surface area (Å²) in [5.41, 5.74) is 1.78. The molecule has 15 heteroatoms. The van der Waals surface area contributed by atoms with Gasteiger partial charge in [-0.1, -0.05) is 62.5 Å². The molecule has 5 aromatic rings. The van der Waals surface area contributed by atoms with Crippen LogP contribution < -0.4 is 15.4 Å². The Bertz CT molecular complexity index is 1840. The highest BCUT2D eigenvalue weighted by atomic mass is 32.2. The van der Waals surface area contributed by atoms with Gasteiger partial charge in [0, 0.05) is 11.4 Å². The predicted octanol–water partition coefficient (Wildman–Crippen LogP) is 7.77. The Morgan fingerprint density at radius 3 is 2.26 bits per heavy atom. The van der Waals surface area contributed by atoms with Gasteiger partial charge >= 0.3 is 6.18 Å². The number of nitrogens with zero attached hydrogens (tertiary/aromatic N) is 3. The predicted molar refractivity (Wildman–Crippen MR) is 176 cm³/mol. The van der Waals surface area contributed by atoms with E-state index in [1.807, 2.05) is 24.3 Å². The normalized spacial score (nSPS) is 11.9. The number of aromatic amines is 1. The number of thiazole rings is 1. The topological polar surface area (TPSA) is 122 Å². The highest BCUT2D eigenvalue weighted by molar-refractivity contribution is 8.01. The molecule has 0 aliphatic heterocycles. The third-order valence-electron chi connectivity index (χ3n) is 6.39. The minimum Gasteiger partial charge on any atom is -0.486 e. The number of alkyl halides is 3. The molecule has 2 aromatic heterocycles. The summed E-state index contributed by atoms with van der Waals surface area (Å²) in [6.07, 6.45) is -4.50. The molecule has 0 spiro atoms. The molecule has 3 aromatic carbocycles. The van der Waals surface area contributed by atoms with E-state index in [-0.39, 0.29) is 35.1 Å². The lowest BCUT2D eigenvalue weighted by molar-refractivity contribution is -0.137. The summed E-state index contributed by atoms with van der Waals surface area (Å²) in [7, 11) is 0. The van der Waals surface area contributed by atoms with E-state index in [0.717, 1.165) is 22.6 Å². The van der Waals surface area contributed by atoms with Crippen LogP contribution >= 0.6 is 34.9 Å². The average molecular weight is 687 g/mol. The summed E-state index contributed by atoms with van der Waals surface area (Å²) in [5, 5.41) is 12.7. The first kappa shape index (κ1) is 33.3. The fraction of sp³-hybridized carbons (Fsp3) is 0.258. The van der Waals surface area contributed by atoms with Crippen molar-refractivity contribution in [2.24, 2.45) is 0 Å². The quantitative estimate of drug-likeness (QED) is 0.121. The zero-order chi connectivity index (χ0) is 32.9. The number of nitrogens with one attached hydrogen (secondary N) is 3. The molecule has 5 rings (SSSR count). The molecular weight excluding hydrogens is 658 g/mol. The van der Waals surface area contributed by atoms with E-state index in [0.29, 0.717) is 26.5 Å². The van der Waals surface area contributed by atoms with E-state index >= 15 is 0 Å². The second kappa shape index (κ2) is 14.1. The van der Waals surface area contributed by atoms with Gasteiger partial charge in [0.15, 0.2) is 10.2 Å². The van der Waals surface area contributed by atoms with Crippen LogP contribution in [-0.4, -0.2) is 43.5 Å². The van der Waals surface area contributed by atoms with Crippen LogP contribution in [0.15, 0.2) is 76.2 Å². The number of rotatable bonds is 11. The van der Waals surface area contributed by atoms with Gasteiger partial charge in [-0.15, -0.1) is 16.4 Å². The van der Waals surface area contributed by atoms with Crippen LogP contribution in [0.5, 0.6) is 5.75 Å². The Kier molecular flexibility index (Phi) is 10.2. The maximum Gasteiger partial charge on any atom is 0.416 e. The van der Waals surface area contributed by atoms with Crippen molar-refractivity contribution in [2.75, 3.05) is 22.1 Å². The van der Waals surface area contributed by atoms with E-state index < -0.39 is 17.6 Å². The maximum atomic E-state index is 12.9. The molecule has 0 unspecified atom stereocenters. The fourth-order valence-corrected chi connectivity index (χ4v) is 6.60. The van der Waals surface area contributed by atoms with Gasteiger partial charge in [-0.2, -0.15) is 13.2 Å². The lowest BCUT2D eigenvalue weighted by atomic mass is 9.87. The molecule has 0 saturated heterocycles. The standard InChI is InChI=1S/C31H29F3N6O3S3/c1-30(2,3)18-7-10-22(11-8-18)43-15-25-38-28(40-39-25)44-16-26(41)36-21-9-12-23-24(14-21)46-29(37-23)45-17-27(42)35-20-6-4-5-19(13-20)31(32,33)34/h4-14H,15-17H2,1-3H3,(H,35,42)(H,36,41)(H,38,39,40). The number of H-pyrrole nitrogens is 1. The number of anilines is 2. The van der Waals surface area contributed by atoms with Crippen molar-refractivity contribution in [2.45, 2.75) is 48.5 Å². The molecule has 0 saturated carbocycles. The van der Waals surface area contributed by atoms with Crippen molar-refractivity contribution in [3.05, 3.63) is 83.7 Å². The number of fused-ring (bicyclic) bond motifs is 1. The van der Waals surface area contributed by atoms with Crippen molar-refractivity contribution < 1.29 is 27.5 Å². The van der Waals surface area contributed by atoms with Crippen LogP contribution in [0.25, 0.3) is 10.2 Å². The summed E-state index contributed by atoms with van der Waals surface area (Å²) in [5.74, 6) is 0.634. The smallest absolute Gasteiger partial charge is 0.416 e. The minimum atomic E-state index is -4.50. The summed E-state index contributed by atoms with van der Waals surface area (Å²) < 4.78 is 46.0. The molecule has 0 aliphatic carbocycles. The number of aromatic nitrogens is 4. The third-order valence-corrected chi connectivity index (χ3v) is 9.40. The summed E-state index contributed by atoms with van der Waals surface area (Å²) in [6.45, 7) is 6.67. The monoisotopic (exact) mass is 686 g/mol. The summed E-state index contributed by atoms with van der Waals surface area (Å²) in [4.78, 5) is 33.8. The summed E-state index contributed by atoms with van der Waals surface area (Å²) >= 11 is 3.70. The molecule has 46 heavy (non-hydrogen) atoms. The summed E-state index contributed by atoms with van der Waals surface area (Å²) in [6, 6.07) is 17.7. The zero-order valence-electron chi connectivity index (χ0n) is 24.9. The number of hydrogen-bond acceptors (Lipinski definition) is 9. The molecule has 2 amide bonds. The maximum absolute atomic E-state index is 12.9. The molecule has 0 fully saturated rings. The zero-order valence-corrected chi connectivity index (χ0v) is 27.3. The van der Waals surface area contributed by atoms with Gasteiger partial charge in [-0.25, -0.2) is 9.97 Å². The largest absolute Gasteiger partial charge is 0.486 e. The number of hydrogen-bond donors (Lipinski definition) is 3. The Labute approximate surface area is 275 Å². The number of carbonyl (C=O) groups excluding carboxylic acids is 2. The lowest BCUT2D eigenvalue weighted by Crippen LogP contribution is -2.14. The Balaban J connectivity index is 1.07. The molecule has 0 bridgehead atoms. The van der Waals surface area contributed by atoms with E-state index in [2.05, 4.69) is 51.6 Å². The van der Waals surface area contributed by atoms with E-state index in [4.69, 9.17) is 4.74 Å². The van der Waals surface area contributed by atoms with Gasteiger partial charge in [-0.3, -0.25) is 14.7 Å². The molecule has 0 radical (unpaired) electrons. The lowest BCUT2D eigenvalue weighted by Gasteiger charge is -2.19. The second-order valence-corrected chi connectivity index (χ2v) is 14.2.